The van der Waals surface area contributed by atoms with Crippen LogP contribution in [0.2, 0.25) is 0 Å². The number of esters is 1. The van der Waals surface area contributed by atoms with Crippen molar-refractivity contribution >= 4 is 17.6 Å². The van der Waals surface area contributed by atoms with E-state index in [4.69, 9.17) is 4.74 Å². The van der Waals surface area contributed by atoms with E-state index in [1.807, 2.05) is 0 Å². The number of fused-ring (bicyclic) bond motifs is 1. The second kappa shape index (κ2) is 5.51. The van der Waals surface area contributed by atoms with E-state index in [0.717, 1.165) is 17.7 Å². The molecule has 136 valence electrons. The Balaban J connectivity index is 2.03. The fourth-order valence-electron chi connectivity index (χ4n) is 3.36. The van der Waals surface area contributed by atoms with E-state index in [2.05, 4.69) is 0 Å². The topological polar surface area (TPSA) is 46.6 Å². The van der Waals surface area contributed by atoms with Crippen LogP contribution in [0.4, 0.5) is 14.5 Å². The lowest BCUT2D eigenvalue weighted by molar-refractivity contribution is -0.153. The van der Waals surface area contributed by atoms with Crippen molar-refractivity contribution in [3.05, 3.63) is 28.8 Å². The minimum atomic E-state index is -1.23. The molecule has 0 N–H and O–H groups in total. The number of nitrogens with zero attached hydrogens (tertiary/aromatic N) is 1. The van der Waals surface area contributed by atoms with Crippen molar-refractivity contribution in [1.82, 2.24) is 0 Å². The van der Waals surface area contributed by atoms with Gasteiger partial charge in [-0.25, -0.2) is 8.78 Å². The van der Waals surface area contributed by atoms with E-state index < -0.39 is 41.1 Å². The third-order valence-electron chi connectivity index (χ3n) is 4.62. The van der Waals surface area contributed by atoms with Crippen LogP contribution in [-0.2, 0) is 19.7 Å². The highest BCUT2D eigenvalue weighted by atomic mass is 19.1. The summed E-state index contributed by atoms with van der Waals surface area (Å²) in [5.74, 6) is -2.33. The van der Waals surface area contributed by atoms with E-state index in [9.17, 15) is 14.0 Å². The Morgan fingerprint density at radius 1 is 1.32 bits per heavy atom. The average Bonchev–Trinajstić information content (AvgIpc) is 3.25. The first kappa shape index (κ1) is 17.8. The number of halogens is 2. The van der Waals surface area contributed by atoms with Crippen LogP contribution in [0.25, 0.3) is 0 Å². The van der Waals surface area contributed by atoms with E-state index in [1.165, 1.54) is 6.07 Å². The van der Waals surface area contributed by atoms with Crippen LogP contribution in [0.3, 0.4) is 0 Å². The molecule has 1 aromatic rings. The third-order valence-corrected chi connectivity index (χ3v) is 4.62. The molecule has 0 saturated heterocycles. The van der Waals surface area contributed by atoms with Gasteiger partial charge in [0.15, 0.2) is 0 Å². The number of carbonyl (C=O) groups is 2. The molecule has 1 heterocycles. The van der Waals surface area contributed by atoms with Gasteiger partial charge in [0.2, 0.25) is 5.91 Å². The Morgan fingerprint density at radius 3 is 2.44 bits per heavy atom. The summed E-state index contributed by atoms with van der Waals surface area (Å²) in [5.41, 5.74) is -1.72. The molecule has 0 atom stereocenters. The van der Waals surface area contributed by atoms with Crippen molar-refractivity contribution in [3.8, 4) is 0 Å². The Hall–Kier alpha value is -1.98. The van der Waals surface area contributed by atoms with Gasteiger partial charge in [-0.3, -0.25) is 14.5 Å². The van der Waals surface area contributed by atoms with Crippen LogP contribution in [0.15, 0.2) is 6.07 Å². The van der Waals surface area contributed by atoms with Crippen molar-refractivity contribution in [2.75, 3.05) is 11.4 Å². The summed E-state index contributed by atoms with van der Waals surface area (Å²) in [6.07, 6.45) is 1.65. The second-order valence-electron chi connectivity index (χ2n) is 8.36. The number of amides is 1. The summed E-state index contributed by atoms with van der Waals surface area (Å²) < 4.78 is 35.0. The molecule has 3 rings (SSSR count). The first-order valence-corrected chi connectivity index (χ1v) is 8.49. The van der Waals surface area contributed by atoms with E-state index in [-0.39, 0.29) is 17.2 Å². The number of hydrogen-bond acceptors (Lipinski definition) is 3. The summed E-state index contributed by atoms with van der Waals surface area (Å²) in [6.45, 7) is 7.79. The number of anilines is 1. The zero-order chi connectivity index (χ0) is 18.7. The van der Waals surface area contributed by atoms with Crippen LogP contribution in [0.5, 0.6) is 0 Å². The Bertz CT molecular complexity index is 761. The second-order valence-corrected chi connectivity index (χ2v) is 8.36. The standard InChI is InChI=1S/C19H23F2NO3/c1-18(2,3)25-13(23)9-22-16-12(20)8-11(10-6-7-10)15(21)14(16)19(4,5)17(22)24/h8,10H,6-7,9H2,1-5H3. The predicted octanol–water partition coefficient (Wildman–Crippen LogP) is 3.81. The third kappa shape index (κ3) is 3.02. The van der Waals surface area contributed by atoms with Crippen LogP contribution < -0.4 is 4.90 Å². The lowest BCUT2D eigenvalue weighted by Gasteiger charge is -2.23. The summed E-state index contributed by atoms with van der Waals surface area (Å²) in [6, 6.07) is 1.17. The molecule has 1 aliphatic carbocycles. The molecule has 1 aromatic carbocycles. The molecule has 0 radical (unpaired) electrons. The highest BCUT2D eigenvalue weighted by molar-refractivity contribution is 6.10. The van der Waals surface area contributed by atoms with Gasteiger partial charge < -0.3 is 4.74 Å². The van der Waals surface area contributed by atoms with E-state index in [0.29, 0.717) is 5.56 Å². The van der Waals surface area contributed by atoms with Crippen molar-refractivity contribution in [1.29, 1.82) is 0 Å². The molecule has 25 heavy (non-hydrogen) atoms. The maximum Gasteiger partial charge on any atom is 0.326 e. The summed E-state index contributed by atoms with van der Waals surface area (Å²) in [5, 5.41) is 0. The van der Waals surface area contributed by atoms with Crippen LogP contribution in [0.1, 0.15) is 64.5 Å². The zero-order valence-corrected chi connectivity index (χ0v) is 15.2. The molecule has 1 fully saturated rings. The van der Waals surface area contributed by atoms with Crippen molar-refractivity contribution in [2.24, 2.45) is 0 Å². The Kier molecular flexibility index (Phi) is 3.93. The molecule has 4 nitrogen and oxygen atoms in total. The average molecular weight is 351 g/mol. The molecule has 0 unspecified atom stereocenters. The molecular weight excluding hydrogens is 328 g/mol. The maximum atomic E-state index is 15.0. The van der Waals surface area contributed by atoms with Crippen molar-refractivity contribution < 1.29 is 23.1 Å². The number of hydrogen-bond donors (Lipinski definition) is 0. The molecule has 1 amide bonds. The molecule has 6 heteroatoms. The fourth-order valence-corrected chi connectivity index (χ4v) is 3.36. The Morgan fingerprint density at radius 2 is 1.92 bits per heavy atom. The zero-order valence-electron chi connectivity index (χ0n) is 15.2. The molecule has 1 saturated carbocycles. The molecule has 1 aliphatic heterocycles. The number of benzene rings is 1. The van der Waals surface area contributed by atoms with Gasteiger partial charge >= 0.3 is 5.97 Å². The largest absolute Gasteiger partial charge is 0.459 e. The van der Waals surface area contributed by atoms with E-state index in [1.54, 1.807) is 34.6 Å². The Labute approximate surface area is 146 Å². The monoisotopic (exact) mass is 351 g/mol. The number of ether oxygens (including phenoxy) is 1. The van der Waals surface area contributed by atoms with Gasteiger partial charge in [0.1, 0.15) is 23.8 Å². The highest BCUT2D eigenvalue weighted by Gasteiger charge is 2.49. The van der Waals surface area contributed by atoms with Gasteiger partial charge in [0.05, 0.1) is 11.1 Å². The van der Waals surface area contributed by atoms with E-state index >= 15 is 4.39 Å². The minimum Gasteiger partial charge on any atom is -0.459 e. The van der Waals surface area contributed by atoms with Gasteiger partial charge in [-0.05, 0) is 65.0 Å². The molecule has 0 spiro atoms. The maximum absolute atomic E-state index is 15.0. The number of rotatable bonds is 3. The SMILES string of the molecule is CC(C)(C)OC(=O)CN1C(=O)C(C)(C)c2c(F)c(C3CC3)cc(F)c21. The minimum absolute atomic E-state index is 0.0191. The van der Waals surface area contributed by atoms with Crippen LogP contribution in [-0.4, -0.2) is 24.0 Å². The first-order valence-electron chi connectivity index (χ1n) is 8.49. The highest BCUT2D eigenvalue weighted by Crippen LogP contribution is 2.50. The van der Waals surface area contributed by atoms with Crippen LogP contribution >= 0.6 is 0 Å². The van der Waals surface area contributed by atoms with Gasteiger partial charge in [-0.15, -0.1) is 0 Å². The van der Waals surface area contributed by atoms with Gasteiger partial charge in [0.25, 0.3) is 0 Å². The normalized spacial score (nSPS) is 19.2. The molecule has 0 bridgehead atoms. The smallest absolute Gasteiger partial charge is 0.326 e. The van der Waals surface area contributed by atoms with Crippen LogP contribution in [0, 0.1) is 11.6 Å². The van der Waals surface area contributed by atoms with Crippen molar-refractivity contribution in [3.63, 3.8) is 0 Å². The fraction of sp³-hybridized carbons (Fsp3) is 0.579. The van der Waals surface area contributed by atoms with Crippen molar-refractivity contribution in [2.45, 2.75) is 64.4 Å². The van der Waals surface area contributed by atoms with Gasteiger partial charge in [0, 0.05) is 5.56 Å². The summed E-state index contributed by atoms with van der Waals surface area (Å²) >= 11 is 0. The van der Waals surface area contributed by atoms with Gasteiger partial charge in [-0.2, -0.15) is 0 Å². The molecular formula is C19H23F2NO3. The quantitative estimate of drug-likeness (QED) is 0.778. The number of carbonyl (C=O) groups excluding carboxylic acids is 2. The van der Waals surface area contributed by atoms with Gasteiger partial charge in [-0.1, -0.05) is 0 Å². The predicted molar refractivity (Wildman–Crippen MR) is 89.6 cm³/mol. The lowest BCUT2D eigenvalue weighted by atomic mass is 9.84. The molecule has 2 aliphatic rings. The summed E-state index contributed by atoms with van der Waals surface area (Å²) in [7, 11) is 0. The molecule has 0 aromatic heterocycles. The lowest BCUT2D eigenvalue weighted by Crippen LogP contribution is -2.41. The first-order chi connectivity index (χ1) is 11.4. The summed E-state index contributed by atoms with van der Waals surface area (Å²) in [4.78, 5) is 25.9.